The molecule has 27 heavy (non-hydrogen) atoms. The molecule has 0 aromatic heterocycles. The summed E-state index contributed by atoms with van der Waals surface area (Å²) in [5.41, 5.74) is -18.6. The zero-order valence-corrected chi connectivity index (χ0v) is 13.2. The third-order valence-corrected chi connectivity index (χ3v) is 4.84. The molecule has 1 amide bonds. The number of hydroxylamine groups is 2. The fraction of sp³-hybridized carbons (Fsp3) is 0.636. The van der Waals surface area contributed by atoms with Crippen molar-refractivity contribution < 1.29 is 75.5 Å². The molecule has 1 aliphatic carbocycles. The Kier molecular flexibility index (Phi) is 5.06. The number of rotatable bonds is 5. The molecule has 0 radical (unpaired) electrons. The summed E-state index contributed by atoms with van der Waals surface area (Å²) in [5.74, 6) is -16.1. The third kappa shape index (κ3) is 1.92. The van der Waals surface area contributed by atoms with Crippen molar-refractivity contribution in [2.75, 3.05) is 0 Å². The standard InChI is InChI=1S/C11H15NO15/c1-2-7(3(13)12(24)25)10(21,6(18)27-26)8(19,4(14)15)9(20,5(16)17)11(7,22)23/h19-26H,2H2,1H3,(H,14,15)(H,16,17). The Labute approximate surface area is 147 Å². The van der Waals surface area contributed by atoms with Crippen LogP contribution in [0.2, 0.25) is 0 Å². The van der Waals surface area contributed by atoms with Crippen LogP contribution in [-0.4, -0.2) is 103 Å². The molecule has 0 saturated heterocycles. The van der Waals surface area contributed by atoms with E-state index in [-0.39, 0.29) is 0 Å². The summed E-state index contributed by atoms with van der Waals surface area (Å²) >= 11 is 0. The van der Waals surface area contributed by atoms with Crippen LogP contribution in [0.5, 0.6) is 0 Å². The quantitative estimate of drug-likeness (QED) is 0.0893. The summed E-state index contributed by atoms with van der Waals surface area (Å²) in [6.45, 7) is 0.661. The molecule has 0 heterocycles. The molecule has 16 heteroatoms. The highest BCUT2D eigenvalue weighted by Gasteiger charge is 2.98. The largest absolute Gasteiger partial charge is 0.479 e. The van der Waals surface area contributed by atoms with Crippen LogP contribution >= 0.6 is 0 Å². The van der Waals surface area contributed by atoms with E-state index in [1.807, 2.05) is 0 Å². The van der Waals surface area contributed by atoms with Gasteiger partial charge in [-0.1, -0.05) is 12.2 Å². The minimum Gasteiger partial charge on any atom is -0.479 e. The number of aliphatic carboxylic acids is 2. The number of carboxylic acid groups (broad SMARTS) is 2. The van der Waals surface area contributed by atoms with E-state index in [0.717, 1.165) is 0 Å². The molecule has 1 aliphatic rings. The normalized spacial score (nSPS) is 37.5. The Bertz CT molecular complexity index is 704. The van der Waals surface area contributed by atoms with E-state index in [9.17, 15) is 49.8 Å². The third-order valence-electron chi connectivity index (χ3n) is 4.84. The number of nitrogens with zero attached hydrogens (tertiary/aromatic N) is 1. The summed E-state index contributed by atoms with van der Waals surface area (Å²) < 4.78 is 0. The van der Waals surface area contributed by atoms with Crippen LogP contribution < -0.4 is 0 Å². The predicted octanol–water partition coefficient (Wildman–Crippen LogP) is -4.94. The van der Waals surface area contributed by atoms with Crippen LogP contribution in [-0.2, 0) is 24.1 Å². The molecule has 4 atom stereocenters. The topological polar surface area (TPSA) is 283 Å². The summed E-state index contributed by atoms with van der Waals surface area (Å²) in [4.78, 5) is 50.3. The molecule has 16 nitrogen and oxygen atoms in total. The second-order valence-corrected chi connectivity index (χ2v) is 5.65. The number of aliphatic hydroxyl groups is 5. The van der Waals surface area contributed by atoms with Gasteiger partial charge in [0.2, 0.25) is 17.0 Å². The van der Waals surface area contributed by atoms with Crippen molar-refractivity contribution in [1.82, 2.24) is 5.23 Å². The van der Waals surface area contributed by atoms with Crippen molar-refractivity contribution >= 4 is 23.8 Å². The molecule has 154 valence electrons. The summed E-state index contributed by atoms with van der Waals surface area (Å²) in [5, 5.41) is 95.1. The average Bonchev–Trinajstić information content (AvgIpc) is 2.67. The number of hydrogen-bond donors (Lipinski definition) is 10. The van der Waals surface area contributed by atoms with Crippen LogP contribution in [0.3, 0.4) is 0 Å². The van der Waals surface area contributed by atoms with Gasteiger partial charge in [0.1, 0.15) is 0 Å². The number of carbonyl (C=O) groups is 4. The molecule has 1 fully saturated rings. The minimum atomic E-state index is -4.89. The smallest absolute Gasteiger partial charge is 0.378 e. The minimum absolute atomic E-state index is 0.661. The SMILES string of the molecule is CCC1(C(=O)N(O)O)C(O)(O)C(O)(C(=O)O)C(O)(C(=O)O)C1(O)C(=O)OO. The van der Waals surface area contributed by atoms with Crippen molar-refractivity contribution in [2.45, 2.75) is 35.9 Å². The molecular weight excluding hydrogens is 386 g/mol. The van der Waals surface area contributed by atoms with E-state index in [0.29, 0.717) is 6.92 Å². The first-order valence-electron chi connectivity index (χ1n) is 6.70. The van der Waals surface area contributed by atoms with Gasteiger partial charge in [-0.15, -0.1) is 0 Å². The lowest BCUT2D eigenvalue weighted by molar-refractivity contribution is -0.341. The molecule has 10 N–H and O–H groups in total. The zero-order chi connectivity index (χ0) is 21.8. The van der Waals surface area contributed by atoms with E-state index in [1.165, 1.54) is 0 Å². The van der Waals surface area contributed by atoms with Gasteiger partial charge in [0.25, 0.3) is 11.5 Å². The van der Waals surface area contributed by atoms with E-state index in [1.54, 1.807) is 0 Å². The van der Waals surface area contributed by atoms with Gasteiger partial charge in [-0.25, -0.2) is 14.4 Å². The average molecular weight is 401 g/mol. The highest BCUT2D eigenvalue weighted by molar-refractivity contribution is 6.07. The molecule has 0 spiro atoms. The molecule has 0 aromatic rings. The van der Waals surface area contributed by atoms with Gasteiger partial charge in [-0.3, -0.25) is 20.1 Å². The van der Waals surface area contributed by atoms with Crippen molar-refractivity contribution in [2.24, 2.45) is 5.41 Å². The number of amides is 1. The van der Waals surface area contributed by atoms with Crippen LogP contribution in [0.1, 0.15) is 13.3 Å². The highest BCUT2D eigenvalue weighted by Crippen LogP contribution is 2.64. The van der Waals surface area contributed by atoms with E-state index in [4.69, 9.17) is 20.8 Å². The van der Waals surface area contributed by atoms with Crippen LogP contribution in [0.25, 0.3) is 0 Å². The van der Waals surface area contributed by atoms with Crippen molar-refractivity contribution in [3.05, 3.63) is 0 Å². The molecule has 0 bridgehead atoms. The van der Waals surface area contributed by atoms with Crippen LogP contribution in [0.4, 0.5) is 0 Å². The van der Waals surface area contributed by atoms with Gasteiger partial charge in [-0.2, -0.15) is 5.26 Å². The summed E-state index contributed by atoms with van der Waals surface area (Å²) in [7, 11) is 0. The Morgan fingerprint density at radius 3 is 1.52 bits per heavy atom. The molecule has 4 unspecified atom stereocenters. The van der Waals surface area contributed by atoms with Crippen molar-refractivity contribution in [1.29, 1.82) is 0 Å². The lowest BCUT2D eigenvalue weighted by Crippen LogP contribution is -2.75. The van der Waals surface area contributed by atoms with Gasteiger partial charge in [0.15, 0.2) is 5.41 Å². The van der Waals surface area contributed by atoms with Gasteiger partial charge in [0, 0.05) is 0 Å². The number of carboxylic acids is 2. The fourth-order valence-corrected chi connectivity index (χ4v) is 3.51. The van der Waals surface area contributed by atoms with Gasteiger partial charge in [0.05, 0.1) is 0 Å². The maximum absolute atomic E-state index is 12.2. The molecule has 0 aliphatic heterocycles. The van der Waals surface area contributed by atoms with Gasteiger partial charge in [-0.05, 0) is 6.42 Å². The van der Waals surface area contributed by atoms with Crippen molar-refractivity contribution in [3.8, 4) is 0 Å². The Morgan fingerprint density at radius 1 is 0.852 bits per heavy atom. The predicted molar refractivity (Wildman–Crippen MR) is 69.2 cm³/mol. The van der Waals surface area contributed by atoms with E-state index < -0.39 is 63.5 Å². The number of hydrogen-bond acceptors (Lipinski definition) is 13. The summed E-state index contributed by atoms with van der Waals surface area (Å²) in [6, 6.07) is 0. The fourth-order valence-electron chi connectivity index (χ4n) is 3.51. The highest BCUT2D eigenvalue weighted by atomic mass is 17.1. The monoisotopic (exact) mass is 401 g/mol. The first-order valence-corrected chi connectivity index (χ1v) is 6.70. The van der Waals surface area contributed by atoms with Crippen LogP contribution in [0.15, 0.2) is 0 Å². The maximum atomic E-state index is 12.2. The lowest BCUT2D eigenvalue weighted by Gasteiger charge is -2.43. The Hall–Kier alpha value is -2.44. The number of carbonyl (C=O) groups excluding carboxylic acids is 2. The maximum Gasteiger partial charge on any atom is 0.378 e. The lowest BCUT2D eigenvalue weighted by atomic mass is 9.65. The van der Waals surface area contributed by atoms with Crippen LogP contribution in [0, 0.1) is 5.41 Å². The van der Waals surface area contributed by atoms with Crippen molar-refractivity contribution in [3.63, 3.8) is 0 Å². The molecule has 0 aromatic carbocycles. The zero-order valence-electron chi connectivity index (χ0n) is 13.2. The molecular formula is C11H15NO15. The summed E-state index contributed by atoms with van der Waals surface area (Å²) in [6.07, 6.45) is -1.44. The second kappa shape index (κ2) is 6.04. The second-order valence-electron chi connectivity index (χ2n) is 5.65. The van der Waals surface area contributed by atoms with Gasteiger partial charge >= 0.3 is 17.9 Å². The van der Waals surface area contributed by atoms with E-state index >= 15 is 0 Å². The van der Waals surface area contributed by atoms with E-state index in [2.05, 4.69) is 4.89 Å². The Morgan fingerprint density at radius 2 is 1.26 bits per heavy atom. The first-order chi connectivity index (χ1) is 12.0. The molecule has 1 rings (SSSR count). The Balaban J connectivity index is 4.37. The van der Waals surface area contributed by atoms with Gasteiger partial charge < -0.3 is 35.7 Å². The molecule has 1 saturated carbocycles. The first kappa shape index (κ1) is 22.6.